The number of rotatable bonds is 1. The maximum absolute atomic E-state index is 11.8. The Bertz CT molecular complexity index is 838. The topological polar surface area (TPSA) is 126 Å². The Morgan fingerprint density at radius 1 is 1.20 bits per heavy atom. The van der Waals surface area contributed by atoms with Gasteiger partial charge in [0.2, 0.25) is 5.95 Å². The van der Waals surface area contributed by atoms with Crippen molar-refractivity contribution in [1.82, 2.24) is 29.5 Å². The van der Waals surface area contributed by atoms with Crippen LogP contribution in [0.3, 0.4) is 0 Å². The normalized spacial score (nSPS) is 12.2. The Morgan fingerprint density at radius 2 is 1.95 bits per heavy atom. The summed E-state index contributed by atoms with van der Waals surface area (Å²) in [4.78, 5) is 26.3. The van der Waals surface area contributed by atoms with Gasteiger partial charge in [-0.05, 0) is 11.5 Å². The largest absolute Gasteiger partial charge is 0.369 e. The first-order chi connectivity index (χ1) is 9.36. The number of nitrogen functional groups attached to an aromatic ring is 1. The molecule has 3 rings (SSSR count). The molecule has 8 nitrogen and oxygen atoms in total. The number of hydrogen-bond donors (Lipinski definition) is 3. The zero-order valence-electron chi connectivity index (χ0n) is 11.2. The third kappa shape index (κ3) is 1.95. The van der Waals surface area contributed by atoms with Gasteiger partial charge in [-0.25, -0.2) is 4.98 Å². The van der Waals surface area contributed by atoms with Crippen LogP contribution < -0.4 is 11.3 Å². The predicted octanol–water partition coefficient (Wildman–Crippen LogP) is 1.04. The first kappa shape index (κ1) is 12.7. The van der Waals surface area contributed by atoms with Crippen LogP contribution in [0, 0.1) is 0 Å². The lowest BCUT2D eigenvalue weighted by Gasteiger charge is -2.15. The van der Waals surface area contributed by atoms with Crippen LogP contribution >= 0.6 is 11.5 Å². The minimum absolute atomic E-state index is 0.0408. The van der Waals surface area contributed by atoms with Gasteiger partial charge >= 0.3 is 0 Å². The van der Waals surface area contributed by atoms with Crippen LogP contribution in [0.5, 0.6) is 0 Å². The molecule has 0 amide bonds. The van der Waals surface area contributed by atoms with Crippen molar-refractivity contribution in [3.63, 3.8) is 0 Å². The number of hydrogen-bond acceptors (Lipinski definition) is 7. The third-order valence-corrected chi connectivity index (χ3v) is 3.53. The molecule has 3 heterocycles. The number of nitrogens with two attached hydrogens (primary N) is 1. The minimum atomic E-state index is -0.346. The van der Waals surface area contributed by atoms with E-state index in [2.05, 4.69) is 29.5 Å². The van der Waals surface area contributed by atoms with Crippen molar-refractivity contribution in [3.8, 4) is 10.7 Å². The number of H-pyrrole nitrogens is 2. The van der Waals surface area contributed by atoms with Crippen molar-refractivity contribution < 1.29 is 0 Å². The standard InChI is InChI=1S/C11H13N7OS/c1-11(2,3)6-5(20-18-17-6)8-13-4-7(14-8)15-10(12)16-9(4)19/h1-3H3,(H4,12,13,14,15,16,19). The van der Waals surface area contributed by atoms with Crippen molar-refractivity contribution in [2.24, 2.45) is 0 Å². The molecule has 0 fully saturated rings. The number of aromatic amines is 2. The fourth-order valence-electron chi connectivity index (χ4n) is 1.87. The Morgan fingerprint density at radius 3 is 2.65 bits per heavy atom. The average molecular weight is 291 g/mol. The molecule has 0 saturated heterocycles. The SMILES string of the molecule is CC(C)(C)c1nnsc1-c1nc2nc(N)[nH]c(=O)c2[nH]1. The molecular weight excluding hydrogens is 278 g/mol. The van der Waals surface area contributed by atoms with E-state index in [4.69, 9.17) is 5.73 Å². The van der Waals surface area contributed by atoms with Gasteiger partial charge in [0.25, 0.3) is 5.56 Å². The Kier molecular flexibility index (Phi) is 2.61. The molecule has 0 unspecified atom stereocenters. The number of nitrogens with zero attached hydrogens (tertiary/aromatic N) is 4. The molecule has 0 aliphatic carbocycles. The summed E-state index contributed by atoms with van der Waals surface area (Å²) in [5, 5.41) is 4.15. The third-order valence-electron chi connectivity index (χ3n) is 2.79. The van der Waals surface area contributed by atoms with E-state index in [-0.39, 0.29) is 22.6 Å². The second-order valence-corrected chi connectivity index (χ2v) is 6.19. The van der Waals surface area contributed by atoms with Gasteiger partial charge in [0.05, 0.1) is 5.69 Å². The quantitative estimate of drug-likeness (QED) is 0.615. The van der Waals surface area contributed by atoms with E-state index in [1.165, 1.54) is 11.5 Å². The minimum Gasteiger partial charge on any atom is -0.369 e. The van der Waals surface area contributed by atoms with E-state index in [1.807, 2.05) is 20.8 Å². The second-order valence-electron chi connectivity index (χ2n) is 5.44. The molecule has 0 bridgehead atoms. The number of nitrogens with one attached hydrogen (secondary N) is 2. The summed E-state index contributed by atoms with van der Waals surface area (Å²) < 4.78 is 3.98. The van der Waals surface area contributed by atoms with Gasteiger partial charge in [0, 0.05) is 5.41 Å². The number of imidazole rings is 1. The van der Waals surface area contributed by atoms with Crippen LogP contribution in [0.2, 0.25) is 0 Å². The van der Waals surface area contributed by atoms with Gasteiger partial charge in [-0.2, -0.15) is 4.98 Å². The molecule has 3 aromatic heterocycles. The van der Waals surface area contributed by atoms with Gasteiger partial charge in [0.1, 0.15) is 4.88 Å². The van der Waals surface area contributed by atoms with E-state index < -0.39 is 0 Å². The first-order valence-electron chi connectivity index (χ1n) is 5.95. The lowest BCUT2D eigenvalue weighted by atomic mass is 9.91. The van der Waals surface area contributed by atoms with Crippen LogP contribution in [0.25, 0.3) is 21.9 Å². The molecular formula is C11H13N7OS. The summed E-state index contributed by atoms with van der Waals surface area (Å²) in [7, 11) is 0. The summed E-state index contributed by atoms with van der Waals surface area (Å²) in [5.74, 6) is 0.572. The Labute approximate surface area is 117 Å². The van der Waals surface area contributed by atoms with Crippen LogP contribution in [0.4, 0.5) is 5.95 Å². The summed E-state index contributed by atoms with van der Waals surface area (Å²) in [5.41, 5.74) is 6.40. The summed E-state index contributed by atoms with van der Waals surface area (Å²) in [6, 6.07) is 0. The zero-order chi connectivity index (χ0) is 14.5. The highest BCUT2D eigenvalue weighted by molar-refractivity contribution is 7.09. The molecule has 4 N–H and O–H groups in total. The van der Waals surface area contributed by atoms with Crippen molar-refractivity contribution in [1.29, 1.82) is 0 Å². The Hall–Kier alpha value is -2.29. The molecule has 0 radical (unpaired) electrons. The Balaban J connectivity index is 2.24. The molecule has 0 spiro atoms. The first-order valence-corrected chi connectivity index (χ1v) is 6.72. The summed E-state index contributed by atoms with van der Waals surface area (Å²) in [6.07, 6.45) is 0. The molecule has 3 aromatic rings. The number of anilines is 1. The van der Waals surface area contributed by atoms with E-state index in [1.54, 1.807) is 0 Å². The second kappa shape index (κ2) is 4.10. The highest BCUT2D eigenvalue weighted by Gasteiger charge is 2.25. The molecule has 104 valence electrons. The zero-order valence-corrected chi connectivity index (χ0v) is 12.0. The highest BCUT2D eigenvalue weighted by atomic mass is 32.1. The van der Waals surface area contributed by atoms with E-state index >= 15 is 0 Å². The molecule has 0 aliphatic rings. The molecule has 0 aliphatic heterocycles. The predicted molar refractivity (Wildman–Crippen MR) is 76.5 cm³/mol. The average Bonchev–Trinajstić information content (AvgIpc) is 2.91. The van der Waals surface area contributed by atoms with E-state index in [0.717, 1.165) is 10.6 Å². The van der Waals surface area contributed by atoms with Crippen LogP contribution in [-0.4, -0.2) is 29.5 Å². The molecule has 20 heavy (non-hydrogen) atoms. The fourth-order valence-corrected chi connectivity index (χ4v) is 2.69. The van der Waals surface area contributed by atoms with Crippen molar-refractivity contribution >= 4 is 28.6 Å². The highest BCUT2D eigenvalue weighted by Crippen LogP contribution is 2.32. The molecule has 0 saturated carbocycles. The van der Waals surface area contributed by atoms with Crippen molar-refractivity contribution in [2.75, 3.05) is 5.73 Å². The molecule has 0 aromatic carbocycles. The van der Waals surface area contributed by atoms with Crippen molar-refractivity contribution in [3.05, 3.63) is 16.0 Å². The number of fused-ring (bicyclic) bond motifs is 1. The van der Waals surface area contributed by atoms with E-state index in [9.17, 15) is 4.79 Å². The van der Waals surface area contributed by atoms with Crippen LogP contribution in [0.15, 0.2) is 4.79 Å². The fraction of sp³-hybridized carbons (Fsp3) is 0.364. The van der Waals surface area contributed by atoms with Gasteiger partial charge in [-0.15, -0.1) is 5.10 Å². The lowest BCUT2D eigenvalue weighted by Crippen LogP contribution is -2.13. The maximum Gasteiger partial charge on any atom is 0.278 e. The van der Waals surface area contributed by atoms with Crippen LogP contribution in [-0.2, 0) is 5.41 Å². The van der Waals surface area contributed by atoms with E-state index in [0.29, 0.717) is 11.3 Å². The van der Waals surface area contributed by atoms with Crippen LogP contribution in [0.1, 0.15) is 26.5 Å². The molecule has 9 heteroatoms. The smallest absolute Gasteiger partial charge is 0.278 e. The van der Waals surface area contributed by atoms with Gasteiger partial charge in [-0.3, -0.25) is 9.78 Å². The summed E-state index contributed by atoms with van der Waals surface area (Å²) in [6.45, 7) is 6.12. The molecule has 0 atom stereocenters. The van der Waals surface area contributed by atoms with Gasteiger partial charge in [-0.1, -0.05) is 25.3 Å². The maximum atomic E-state index is 11.8. The summed E-state index contributed by atoms with van der Waals surface area (Å²) >= 11 is 1.23. The lowest BCUT2D eigenvalue weighted by molar-refractivity contribution is 0.568. The van der Waals surface area contributed by atoms with Crippen molar-refractivity contribution in [2.45, 2.75) is 26.2 Å². The van der Waals surface area contributed by atoms with Gasteiger partial charge < -0.3 is 10.7 Å². The number of aromatic nitrogens is 6. The van der Waals surface area contributed by atoms with Gasteiger partial charge in [0.15, 0.2) is 17.0 Å². The monoisotopic (exact) mass is 291 g/mol.